The van der Waals surface area contributed by atoms with Gasteiger partial charge in [0.15, 0.2) is 5.75 Å². The van der Waals surface area contributed by atoms with E-state index < -0.39 is 38.7 Å². The van der Waals surface area contributed by atoms with Gasteiger partial charge in [-0.2, -0.15) is 0 Å². The highest BCUT2D eigenvalue weighted by atomic mass is 16.6. The van der Waals surface area contributed by atoms with E-state index in [-0.39, 0.29) is 25.4 Å². The van der Waals surface area contributed by atoms with Crippen molar-refractivity contribution in [1.29, 1.82) is 0 Å². The second-order valence-electron chi connectivity index (χ2n) is 6.31. The van der Waals surface area contributed by atoms with Gasteiger partial charge < -0.3 is 14.6 Å². The maximum Gasteiger partial charge on any atom is 0.317 e. The van der Waals surface area contributed by atoms with Crippen molar-refractivity contribution in [3.05, 3.63) is 38.4 Å². The Kier molecular flexibility index (Phi) is 6.80. The van der Waals surface area contributed by atoms with Crippen LogP contribution in [0.25, 0.3) is 0 Å². The van der Waals surface area contributed by atoms with Crippen molar-refractivity contribution < 1.29 is 29.2 Å². The Balaban J connectivity index is 2.57. The molecule has 0 radical (unpaired) electrons. The van der Waals surface area contributed by atoms with E-state index in [1.165, 1.54) is 0 Å². The minimum Gasteiger partial charge on any atom is -0.487 e. The van der Waals surface area contributed by atoms with E-state index in [1.807, 2.05) is 0 Å². The highest BCUT2D eigenvalue weighted by molar-refractivity contribution is 5.75. The lowest BCUT2D eigenvalue weighted by Crippen LogP contribution is -2.28. The standard InChI is InChI=1S/C15H20N2O8/c1-15(2,3)14(19)25-9-11(18)6-7-24-13-5-4-10(16(20)21)8-12(13)17(22)23/h4-5,8,11,18H,6-7,9H2,1-3H3. The number of non-ortho nitro benzene ring substituents is 1. The van der Waals surface area contributed by atoms with Crippen LogP contribution in [0.5, 0.6) is 5.75 Å². The molecule has 1 unspecified atom stereocenters. The number of nitro groups is 2. The van der Waals surface area contributed by atoms with Gasteiger partial charge in [-0.3, -0.25) is 25.0 Å². The minimum atomic E-state index is -0.997. The lowest BCUT2D eigenvalue weighted by atomic mass is 9.97. The van der Waals surface area contributed by atoms with Crippen LogP contribution in [0.3, 0.4) is 0 Å². The second-order valence-corrected chi connectivity index (χ2v) is 6.31. The summed E-state index contributed by atoms with van der Waals surface area (Å²) < 4.78 is 10.2. The molecule has 0 saturated heterocycles. The summed E-state index contributed by atoms with van der Waals surface area (Å²) in [7, 11) is 0. The van der Waals surface area contributed by atoms with Crippen LogP contribution in [0, 0.1) is 25.6 Å². The number of aliphatic hydroxyl groups excluding tert-OH is 1. The molecule has 0 bridgehead atoms. The van der Waals surface area contributed by atoms with Crippen molar-refractivity contribution in [2.75, 3.05) is 13.2 Å². The van der Waals surface area contributed by atoms with Gasteiger partial charge in [-0.15, -0.1) is 0 Å². The van der Waals surface area contributed by atoms with Gasteiger partial charge in [0, 0.05) is 12.5 Å². The predicted octanol–water partition coefficient (Wildman–Crippen LogP) is 2.22. The molecular weight excluding hydrogens is 336 g/mol. The third kappa shape index (κ3) is 6.34. The Morgan fingerprint density at radius 2 is 1.88 bits per heavy atom. The third-order valence-electron chi connectivity index (χ3n) is 3.08. The number of nitro benzene ring substituents is 2. The normalized spacial score (nSPS) is 12.3. The SMILES string of the molecule is CC(C)(C)C(=O)OCC(O)CCOc1ccc([N+](=O)[O-])cc1[N+](=O)[O-]. The highest BCUT2D eigenvalue weighted by Gasteiger charge is 2.24. The number of nitrogens with zero attached hydrogens (tertiary/aromatic N) is 2. The molecule has 0 aliphatic rings. The van der Waals surface area contributed by atoms with Gasteiger partial charge in [0.25, 0.3) is 5.69 Å². The molecule has 0 fully saturated rings. The zero-order valence-corrected chi connectivity index (χ0v) is 14.1. The second kappa shape index (κ2) is 8.38. The predicted molar refractivity (Wildman–Crippen MR) is 86.3 cm³/mol. The molecule has 10 heteroatoms. The molecule has 0 aliphatic heterocycles. The van der Waals surface area contributed by atoms with E-state index in [4.69, 9.17) is 9.47 Å². The summed E-state index contributed by atoms with van der Waals surface area (Å²) in [4.78, 5) is 31.7. The number of carbonyl (C=O) groups excluding carboxylic acids is 1. The largest absolute Gasteiger partial charge is 0.487 e. The Labute approximate surface area is 143 Å². The molecule has 0 aliphatic carbocycles. The van der Waals surface area contributed by atoms with E-state index in [0.717, 1.165) is 18.2 Å². The van der Waals surface area contributed by atoms with Crippen molar-refractivity contribution in [1.82, 2.24) is 0 Å². The van der Waals surface area contributed by atoms with Crippen LogP contribution in [0.4, 0.5) is 11.4 Å². The number of carbonyl (C=O) groups is 1. The third-order valence-corrected chi connectivity index (χ3v) is 3.08. The smallest absolute Gasteiger partial charge is 0.317 e. The fourth-order valence-corrected chi connectivity index (χ4v) is 1.66. The van der Waals surface area contributed by atoms with Gasteiger partial charge in [0.2, 0.25) is 0 Å². The Bertz CT molecular complexity index is 653. The molecule has 0 spiro atoms. The summed E-state index contributed by atoms with van der Waals surface area (Å²) >= 11 is 0. The summed E-state index contributed by atoms with van der Waals surface area (Å²) in [6.45, 7) is 4.73. The zero-order valence-electron chi connectivity index (χ0n) is 14.1. The summed E-state index contributed by atoms with van der Waals surface area (Å²) in [6.07, 6.45) is -0.936. The number of benzene rings is 1. The summed E-state index contributed by atoms with van der Waals surface area (Å²) in [5, 5.41) is 31.4. The van der Waals surface area contributed by atoms with Gasteiger partial charge in [0.1, 0.15) is 6.61 Å². The van der Waals surface area contributed by atoms with Crippen molar-refractivity contribution in [2.24, 2.45) is 5.41 Å². The number of aliphatic hydroxyl groups is 1. The van der Waals surface area contributed by atoms with Crippen molar-refractivity contribution >= 4 is 17.3 Å². The number of hydrogen-bond donors (Lipinski definition) is 1. The van der Waals surface area contributed by atoms with E-state index in [0.29, 0.717) is 0 Å². The van der Waals surface area contributed by atoms with Crippen molar-refractivity contribution in [3.8, 4) is 5.75 Å². The van der Waals surface area contributed by atoms with Crippen LogP contribution in [0.2, 0.25) is 0 Å². The minimum absolute atomic E-state index is 0.0611. The van der Waals surface area contributed by atoms with Gasteiger partial charge in [-0.1, -0.05) is 0 Å². The van der Waals surface area contributed by atoms with Crippen molar-refractivity contribution in [3.63, 3.8) is 0 Å². The average molecular weight is 356 g/mol. The molecule has 1 aromatic carbocycles. The number of rotatable bonds is 8. The maximum absolute atomic E-state index is 11.6. The molecule has 0 saturated carbocycles. The Morgan fingerprint density at radius 1 is 1.24 bits per heavy atom. The first-order chi connectivity index (χ1) is 11.5. The maximum atomic E-state index is 11.6. The molecule has 1 atom stereocenters. The molecule has 1 rings (SSSR count). The van der Waals surface area contributed by atoms with Gasteiger partial charge in [-0.05, 0) is 26.8 Å². The Hall–Kier alpha value is -2.75. The molecule has 1 N–H and O–H groups in total. The number of hydrogen-bond acceptors (Lipinski definition) is 8. The fraction of sp³-hybridized carbons (Fsp3) is 0.533. The van der Waals surface area contributed by atoms with E-state index in [1.54, 1.807) is 20.8 Å². The molecular formula is C15H20N2O8. The van der Waals surface area contributed by atoms with Crippen LogP contribution in [0.15, 0.2) is 18.2 Å². The monoisotopic (exact) mass is 356 g/mol. The van der Waals surface area contributed by atoms with Crippen LogP contribution in [-0.4, -0.2) is 40.2 Å². The highest BCUT2D eigenvalue weighted by Crippen LogP contribution is 2.31. The van der Waals surface area contributed by atoms with Crippen LogP contribution < -0.4 is 4.74 Å². The van der Waals surface area contributed by atoms with Gasteiger partial charge in [-0.25, -0.2) is 0 Å². The topological polar surface area (TPSA) is 142 Å². The lowest BCUT2D eigenvalue weighted by Gasteiger charge is -2.18. The first kappa shape index (κ1) is 20.3. The van der Waals surface area contributed by atoms with Crippen LogP contribution >= 0.6 is 0 Å². The molecule has 0 heterocycles. The number of ether oxygens (including phenoxy) is 2. The van der Waals surface area contributed by atoms with E-state index in [9.17, 15) is 30.1 Å². The van der Waals surface area contributed by atoms with Gasteiger partial charge in [0.05, 0.1) is 34.0 Å². The first-order valence-corrected chi connectivity index (χ1v) is 7.43. The molecule has 1 aromatic rings. The number of esters is 1. The molecule has 0 amide bonds. The molecule has 0 aromatic heterocycles. The summed E-state index contributed by atoms with van der Waals surface area (Å²) in [5.41, 5.74) is -1.65. The average Bonchev–Trinajstić information content (AvgIpc) is 2.51. The summed E-state index contributed by atoms with van der Waals surface area (Å²) in [5.74, 6) is -0.604. The van der Waals surface area contributed by atoms with E-state index in [2.05, 4.69) is 0 Å². The summed E-state index contributed by atoms with van der Waals surface area (Å²) in [6, 6.07) is 3.02. The quantitative estimate of drug-likeness (QED) is 0.424. The van der Waals surface area contributed by atoms with Crippen LogP contribution in [-0.2, 0) is 9.53 Å². The molecule has 138 valence electrons. The molecule has 10 nitrogen and oxygen atoms in total. The Morgan fingerprint density at radius 3 is 2.40 bits per heavy atom. The first-order valence-electron chi connectivity index (χ1n) is 7.43. The lowest BCUT2D eigenvalue weighted by molar-refractivity contribution is -0.394. The van der Waals surface area contributed by atoms with E-state index >= 15 is 0 Å². The zero-order chi connectivity index (χ0) is 19.2. The van der Waals surface area contributed by atoms with Crippen molar-refractivity contribution in [2.45, 2.75) is 33.3 Å². The van der Waals surface area contributed by atoms with Crippen LogP contribution in [0.1, 0.15) is 27.2 Å². The molecule has 25 heavy (non-hydrogen) atoms. The van der Waals surface area contributed by atoms with Gasteiger partial charge >= 0.3 is 11.7 Å². The fourth-order valence-electron chi connectivity index (χ4n) is 1.66.